The van der Waals surface area contributed by atoms with Gasteiger partial charge in [0, 0.05) is 6.07 Å². The Balaban J connectivity index is 3.36. The molecular formula is C10H10F2N2O5. The van der Waals surface area contributed by atoms with Gasteiger partial charge >= 0.3 is 11.7 Å². The largest absolute Gasteiger partial charge is 0.476 e. The molecule has 9 heteroatoms. The van der Waals surface area contributed by atoms with Crippen LogP contribution in [-0.4, -0.2) is 30.1 Å². The maximum absolute atomic E-state index is 12.8. The molecule has 104 valence electrons. The van der Waals surface area contributed by atoms with Gasteiger partial charge in [-0.15, -0.1) is 0 Å². The van der Waals surface area contributed by atoms with Gasteiger partial charge in [-0.05, 0) is 5.56 Å². The van der Waals surface area contributed by atoms with E-state index in [9.17, 15) is 23.7 Å². The fraction of sp³-hybridized carbons (Fsp3) is 0.400. The molecule has 0 aromatic carbocycles. The highest BCUT2D eigenvalue weighted by Gasteiger charge is 2.26. The zero-order valence-electron chi connectivity index (χ0n) is 10.1. The molecule has 0 bridgehead atoms. The number of rotatable bonds is 5. The zero-order chi connectivity index (χ0) is 14.6. The average Bonchev–Trinajstić information content (AvgIpc) is 2.37. The number of halogens is 2. The highest BCUT2D eigenvalue weighted by atomic mass is 19.3. The molecule has 0 aliphatic heterocycles. The lowest BCUT2D eigenvalue weighted by Crippen LogP contribution is -2.10. The summed E-state index contributed by atoms with van der Waals surface area (Å²) in [7, 11) is 2.15. The summed E-state index contributed by atoms with van der Waals surface area (Å²) in [4.78, 5) is 24.4. The number of alkyl halides is 2. The number of nitrogens with zero attached hydrogens (tertiary/aromatic N) is 2. The number of esters is 1. The van der Waals surface area contributed by atoms with E-state index in [0.717, 1.165) is 20.3 Å². The normalized spacial score (nSPS) is 10.4. The Morgan fingerprint density at radius 3 is 2.58 bits per heavy atom. The third kappa shape index (κ3) is 3.33. The molecule has 7 nitrogen and oxygen atoms in total. The molecule has 0 unspecified atom stereocenters. The van der Waals surface area contributed by atoms with Crippen LogP contribution in [0.25, 0.3) is 0 Å². The van der Waals surface area contributed by atoms with E-state index in [1.54, 1.807) is 0 Å². The predicted octanol–water partition coefficient (Wildman–Crippen LogP) is 1.65. The van der Waals surface area contributed by atoms with Crippen LogP contribution in [0.5, 0.6) is 5.88 Å². The van der Waals surface area contributed by atoms with E-state index in [1.807, 2.05) is 0 Å². The second-order valence-corrected chi connectivity index (χ2v) is 3.37. The first-order valence-corrected chi connectivity index (χ1v) is 4.97. The topological polar surface area (TPSA) is 91.6 Å². The number of methoxy groups -OCH3 is 2. The lowest BCUT2D eigenvalue weighted by Gasteiger charge is -2.09. The smallest absolute Gasteiger partial charge is 0.331 e. The number of aromatic nitrogens is 1. The Morgan fingerprint density at radius 1 is 1.53 bits per heavy atom. The first kappa shape index (κ1) is 14.7. The SMILES string of the molecule is COC(=O)Cc1cc([N+](=O)[O-])c(OC)nc1C(F)F. The lowest BCUT2D eigenvalue weighted by atomic mass is 10.1. The Labute approximate surface area is 106 Å². The second-order valence-electron chi connectivity index (χ2n) is 3.37. The highest BCUT2D eigenvalue weighted by Crippen LogP contribution is 2.31. The highest BCUT2D eigenvalue weighted by molar-refractivity contribution is 5.73. The number of hydrogen-bond donors (Lipinski definition) is 0. The molecule has 0 aliphatic rings. The number of ether oxygens (including phenoxy) is 2. The minimum absolute atomic E-state index is 0.269. The van der Waals surface area contributed by atoms with Gasteiger partial charge in [0.1, 0.15) is 5.69 Å². The van der Waals surface area contributed by atoms with E-state index in [1.165, 1.54) is 0 Å². The van der Waals surface area contributed by atoms with Gasteiger partial charge in [-0.3, -0.25) is 14.9 Å². The number of nitro groups is 1. The molecule has 0 radical (unpaired) electrons. The summed E-state index contributed by atoms with van der Waals surface area (Å²) in [6, 6.07) is 0.838. The minimum atomic E-state index is -2.99. The average molecular weight is 276 g/mol. The van der Waals surface area contributed by atoms with E-state index < -0.39 is 41.0 Å². The molecule has 1 aromatic heterocycles. The van der Waals surface area contributed by atoms with Crippen molar-refractivity contribution in [3.8, 4) is 5.88 Å². The second kappa shape index (κ2) is 6.03. The summed E-state index contributed by atoms with van der Waals surface area (Å²) in [5.41, 5.74) is -1.60. The van der Waals surface area contributed by atoms with Gasteiger partial charge in [0.05, 0.1) is 25.6 Å². The fourth-order valence-corrected chi connectivity index (χ4v) is 1.38. The van der Waals surface area contributed by atoms with Crippen LogP contribution in [-0.2, 0) is 16.0 Å². The zero-order valence-corrected chi connectivity index (χ0v) is 10.1. The summed E-state index contributed by atoms with van der Waals surface area (Å²) in [5.74, 6) is -1.34. The quantitative estimate of drug-likeness (QED) is 0.461. The Bertz CT molecular complexity index is 507. The molecule has 0 saturated heterocycles. The van der Waals surface area contributed by atoms with E-state index >= 15 is 0 Å². The maximum Gasteiger partial charge on any atom is 0.331 e. The Morgan fingerprint density at radius 2 is 2.16 bits per heavy atom. The number of pyridine rings is 1. The van der Waals surface area contributed by atoms with E-state index in [0.29, 0.717) is 0 Å². The summed E-state index contributed by atoms with van der Waals surface area (Å²) >= 11 is 0. The van der Waals surface area contributed by atoms with E-state index in [-0.39, 0.29) is 5.56 Å². The van der Waals surface area contributed by atoms with Crippen molar-refractivity contribution in [1.29, 1.82) is 0 Å². The Kier molecular flexibility index (Phi) is 4.67. The van der Waals surface area contributed by atoms with Gasteiger partial charge in [-0.25, -0.2) is 13.8 Å². The molecule has 0 aliphatic carbocycles. The monoisotopic (exact) mass is 276 g/mol. The molecule has 19 heavy (non-hydrogen) atoms. The molecule has 1 aromatic rings. The molecule has 0 N–H and O–H groups in total. The standard InChI is InChI=1S/C10H10F2N2O5/c1-18-7(15)4-5-3-6(14(16)17)10(19-2)13-8(5)9(11)12/h3,9H,4H2,1-2H3. The van der Waals surface area contributed by atoms with Crippen LogP contribution < -0.4 is 4.74 Å². The number of carbonyl (C=O) groups excluding carboxylic acids is 1. The molecular weight excluding hydrogens is 266 g/mol. The van der Waals surface area contributed by atoms with Crippen LogP contribution in [0.2, 0.25) is 0 Å². The molecule has 0 saturated carbocycles. The molecule has 1 rings (SSSR count). The first-order chi connectivity index (χ1) is 8.90. The predicted molar refractivity (Wildman–Crippen MR) is 58.1 cm³/mol. The molecule has 0 atom stereocenters. The van der Waals surface area contributed by atoms with Crippen molar-refractivity contribution in [2.24, 2.45) is 0 Å². The van der Waals surface area contributed by atoms with Crippen LogP contribution in [0.3, 0.4) is 0 Å². The van der Waals surface area contributed by atoms with Crippen LogP contribution in [0.4, 0.5) is 14.5 Å². The van der Waals surface area contributed by atoms with Gasteiger partial charge in [-0.2, -0.15) is 0 Å². The van der Waals surface area contributed by atoms with Crippen LogP contribution in [0.15, 0.2) is 6.07 Å². The molecule has 1 heterocycles. The van der Waals surface area contributed by atoms with Crippen molar-refractivity contribution in [3.63, 3.8) is 0 Å². The fourth-order valence-electron chi connectivity index (χ4n) is 1.38. The van der Waals surface area contributed by atoms with Crippen molar-refractivity contribution in [1.82, 2.24) is 4.98 Å². The summed E-state index contributed by atoms with van der Waals surface area (Å²) in [6.07, 6.45) is -3.53. The molecule has 0 spiro atoms. The van der Waals surface area contributed by atoms with Gasteiger partial charge in [0.2, 0.25) is 0 Å². The van der Waals surface area contributed by atoms with Crippen LogP contribution in [0.1, 0.15) is 17.7 Å². The summed E-state index contributed by atoms with van der Waals surface area (Å²) in [5, 5.41) is 10.8. The Hall–Kier alpha value is -2.32. The first-order valence-electron chi connectivity index (χ1n) is 4.97. The maximum atomic E-state index is 12.8. The van der Waals surface area contributed by atoms with E-state index in [2.05, 4.69) is 14.5 Å². The van der Waals surface area contributed by atoms with Crippen LogP contribution in [0, 0.1) is 10.1 Å². The van der Waals surface area contributed by atoms with Gasteiger partial charge in [0.25, 0.3) is 12.3 Å². The lowest BCUT2D eigenvalue weighted by molar-refractivity contribution is -0.386. The summed E-state index contributed by atoms with van der Waals surface area (Å²) < 4.78 is 34.5. The van der Waals surface area contributed by atoms with Crippen molar-refractivity contribution >= 4 is 11.7 Å². The number of carbonyl (C=O) groups is 1. The summed E-state index contributed by atoms with van der Waals surface area (Å²) in [6.45, 7) is 0. The van der Waals surface area contributed by atoms with Gasteiger partial charge in [0.15, 0.2) is 0 Å². The van der Waals surface area contributed by atoms with E-state index in [4.69, 9.17) is 0 Å². The molecule has 0 fully saturated rings. The van der Waals surface area contributed by atoms with Crippen molar-refractivity contribution < 1.29 is 28.0 Å². The van der Waals surface area contributed by atoms with Crippen molar-refractivity contribution in [2.45, 2.75) is 12.8 Å². The number of hydrogen-bond acceptors (Lipinski definition) is 6. The van der Waals surface area contributed by atoms with Gasteiger partial charge in [-0.1, -0.05) is 0 Å². The van der Waals surface area contributed by atoms with Gasteiger partial charge < -0.3 is 9.47 Å². The minimum Gasteiger partial charge on any atom is -0.476 e. The third-order valence-electron chi connectivity index (χ3n) is 2.24. The molecule has 0 amide bonds. The van der Waals surface area contributed by atoms with Crippen LogP contribution >= 0.6 is 0 Å². The van der Waals surface area contributed by atoms with Crippen molar-refractivity contribution in [3.05, 3.63) is 27.4 Å². The van der Waals surface area contributed by atoms with Crippen molar-refractivity contribution in [2.75, 3.05) is 14.2 Å². The third-order valence-corrected chi connectivity index (χ3v) is 2.24.